The Labute approximate surface area is 176 Å². The number of aromatic nitrogens is 1. The van der Waals surface area contributed by atoms with Gasteiger partial charge in [-0.05, 0) is 24.1 Å². The lowest BCUT2D eigenvalue weighted by Gasteiger charge is -2.18. The summed E-state index contributed by atoms with van der Waals surface area (Å²) in [5.74, 6) is -1.92. The van der Waals surface area contributed by atoms with Gasteiger partial charge in [0.25, 0.3) is 0 Å². The summed E-state index contributed by atoms with van der Waals surface area (Å²) >= 11 is 7.21. The number of amides is 5. The maximum Gasteiger partial charge on any atom is 0.334 e. The Morgan fingerprint density at radius 3 is 2.52 bits per heavy atom. The van der Waals surface area contributed by atoms with Crippen LogP contribution >= 0.6 is 22.9 Å². The summed E-state index contributed by atoms with van der Waals surface area (Å²) in [4.78, 5) is 56.6. The van der Waals surface area contributed by atoms with Crippen LogP contribution in [0.2, 0.25) is 5.02 Å². The SMILES string of the molecule is CC(=O)N(c1cccc(Cl)c1)c1nc(CN2C(=O)C(=O)N(CC(C)C)C2=O)cs1. The van der Waals surface area contributed by atoms with E-state index < -0.39 is 17.8 Å². The van der Waals surface area contributed by atoms with Crippen LogP contribution in [0.1, 0.15) is 26.5 Å². The molecule has 3 rings (SSSR count). The van der Waals surface area contributed by atoms with E-state index in [0.29, 0.717) is 21.5 Å². The van der Waals surface area contributed by atoms with E-state index in [1.165, 1.54) is 23.2 Å². The number of anilines is 2. The van der Waals surface area contributed by atoms with Gasteiger partial charge in [-0.2, -0.15) is 0 Å². The zero-order chi connectivity index (χ0) is 21.3. The standard InChI is InChI=1S/C19H19ClN4O4S/c1-11(2)8-22-16(26)17(27)23(19(22)28)9-14-10-29-18(21-14)24(12(3)25)15-6-4-5-13(20)7-15/h4-7,10-11H,8-9H2,1-3H3. The topological polar surface area (TPSA) is 90.9 Å². The average Bonchev–Trinajstić information content (AvgIpc) is 3.16. The van der Waals surface area contributed by atoms with Crippen molar-refractivity contribution < 1.29 is 19.2 Å². The van der Waals surface area contributed by atoms with Crippen LogP contribution in [-0.4, -0.2) is 45.1 Å². The van der Waals surface area contributed by atoms with Gasteiger partial charge in [-0.15, -0.1) is 11.3 Å². The third kappa shape index (κ3) is 4.30. The van der Waals surface area contributed by atoms with Crippen LogP contribution in [-0.2, 0) is 20.9 Å². The Hall–Kier alpha value is -2.78. The number of urea groups is 1. The lowest BCUT2D eigenvalue weighted by molar-refractivity contribution is -0.143. The lowest BCUT2D eigenvalue weighted by Crippen LogP contribution is -2.35. The van der Waals surface area contributed by atoms with Crippen molar-refractivity contribution in [3.63, 3.8) is 0 Å². The molecule has 1 aliphatic heterocycles. The van der Waals surface area contributed by atoms with E-state index in [4.69, 9.17) is 11.6 Å². The highest BCUT2D eigenvalue weighted by Gasteiger charge is 2.44. The highest BCUT2D eigenvalue weighted by molar-refractivity contribution is 7.14. The van der Waals surface area contributed by atoms with Gasteiger partial charge in [-0.25, -0.2) is 14.7 Å². The number of rotatable bonds is 6. The van der Waals surface area contributed by atoms with Crippen molar-refractivity contribution in [1.82, 2.24) is 14.8 Å². The molecule has 10 heteroatoms. The van der Waals surface area contributed by atoms with Gasteiger partial charge in [0, 0.05) is 23.9 Å². The molecule has 2 heterocycles. The molecule has 0 aliphatic carbocycles. The van der Waals surface area contributed by atoms with Crippen molar-refractivity contribution in [3.8, 4) is 0 Å². The van der Waals surface area contributed by atoms with Crippen molar-refractivity contribution in [2.24, 2.45) is 5.92 Å². The molecule has 29 heavy (non-hydrogen) atoms. The molecule has 1 saturated heterocycles. The summed E-state index contributed by atoms with van der Waals surface area (Å²) in [6.07, 6.45) is 0. The molecule has 0 unspecified atom stereocenters. The van der Waals surface area contributed by atoms with Gasteiger partial charge >= 0.3 is 17.8 Å². The summed E-state index contributed by atoms with van der Waals surface area (Å²) in [6, 6.07) is 6.13. The molecule has 1 aromatic heterocycles. The summed E-state index contributed by atoms with van der Waals surface area (Å²) in [5, 5.41) is 2.49. The molecule has 2 aromatic rings. The van der Waals surface area contributed by atoms with Crippen LogP contribution in [0.25, 0.3) is 0 Å². The van der Waals surface area contributed by atoms with E-state index in [1.807, 2.05) is 13.8 Å². The Morgan fingerprint density at radius 1 is 1.21 bits per heavy atom. The second-order valence-electron chi connectivity index (χ2n) is 6.94. The number of hydrogen-bond donors (Lipinski definition) is 0. The number of carbonyl (C=O) groups excluding carboxylic acids is 4. The maximum atomic E-state index is 12.5. The van der Waals surface area contributed by atoms with Gasteiger partial charge < -0.3 is 0 Å². The van der Waals surface area contributed by atoms with Crippen LogP contribution in [0.3, 0.4) is 0 Å². The van der Waals surface area contributed by atoms with Crippen LogP contribution in [0.5, 0.6) is 0 Å². The molecular weight excluding hydrogens is 416 g/mol. The summed E-state index contributed by atoms with van der Waals surface area (Å²) in [5.41, 5.74) is 0.955. The van der Waals surface area contributed by atoms with Gasteiger partial charge in [-0.1, -0.05) is 31.5 Å². The fraction of sp³-hybridized carbons (Fsp3) is 0.316. The summed E-state index contributed by atoms with van der Waals surface area (Å²) in [6.45, 7) is 5.14. The highest BCUT2D eigenvalue weighted by atomic mass is 35.5. The molecule has 0 N–H and O–H groups in total. The minimum absolute atomic E-state index is 0.0448. The highest BCUT2D eigenvalue weighted by Crippen LogP contribution is 2.31. The monoisotopic (exact) mass is 434 g/mol. The number of nitrogens with zero attached hydrogens (tertiary/aromatic N) is 4. The first-order valence-corrected chi connectivity index (χ1v) is 10.1. The maximum absolute atomic E-state index is 12.5. The van der Waals surface area contributed by atoms with Crippen molar-refractivity contribution in [2.45, 2.75) is 27.3 Å². The van der Waals surface area contributed by atoms with Crippen molar-refractivity contribution >= 4 is 57.5 Å². The predicted molar refractivity (Wildman–Crippen MR) is 109 cm³/mol. The van der Waals surface area contributed by atoms with Crippen molar-refractivity contribution in [2.75, 3.05) is 11.4 Å². The Balaban J connectivity index is 1.82. The van der Waals surface area contributed by atoms with E-state index in [0.717, 1.165) is 9.80 Å². The first-order valence-electron chi connectivity index (χ1n) is 8.87. The number of benzene rings is 1. The molecule has 0 bridgehead atoms. The quantitative estimate of drug-likeness (QED) is 0.513. The normalized spacial score (nSPS) is 14.3. The molecule has 1 fully saturated rings. The number of imide groups is 2. The molecule has 5 amide bonds. The van der Waals surface area contributed by atoms with E-state index in [-0.39, 0.29) is 24.9 Å². The van der Waals surface area contributed by atoms with E-state index >= 15 is 0 Å². The van der Waals surface area contributed by atoms with Crippen molar-refractivity contribution in [3.05, 3.63) is 40.4 Å². The molecule has 1 aliphatic rings. The minimum Gasteiger partial charge on any atom is -0.274 e. The second kappa shape index (κ2) is 8.30. The lowest BCUT2D eigenvalue weighted by atomic mass is 10.2. The van der Waals surface area contributed by atoms with Crippen molar-refractivity contribution in [1.29, 1.82) is 0 Å². The van der Waals surface area contributed by atoms with E-state index in [2.05, 4.69) is 4.98 Å². The smallest absolute Gasteiger partial charge is 0.274 e. The van der Waals surface area contributed by atoms with Crippen LogP contribution < -0.4 is 4.90 Å². The van der Waals surface area contributed by atoms with Gasteiger partial charge in [0.15, 0.2) is 5.13 Å². The Bertz CT molecular complexity index is 990. The second-order valence-corrected chi connectivity index (χ2v) is 8.21. The third-order valence-electron chi connectivity index (χ3n) is 4.12. The fourth-order valence-corrected chi connectivity index (χ4v) is 3.95. The average molecular weight is 435 g/mol. The molecule has 0 radical (unpaired) electrons. The molecule has 0 spiro atoms. The number of thiazole rings is 1. The number of halogens is 1. The van der Waals surface area contributed by atoms with Gasteiger partial charge in [0.1, 0.15) is 0 Å². The van der Waals surface area contributed by atoms with E-state index in [9.17, 15) is 19.2 Å². The predicted octanol–water partition coefficient (Wildman–Crippen LogP) is 3.43. The Kier molecular flexibility index (Phi) is 5.99. The molecule has 8 nitrogen and oxygen atoms in total. The number of carbonyl (C=O) groups is 4. The van der Waals surface area contributed by atoms with Crippen LogP contribution in [0, 0.1) is 5.92 Å². The molecule has 0 atom stereocenters. The first kappa shape index (κ1) is 20.9. The molecular formula is C19H19ClN4O4S. The molecule has 152 valence electrons. The largest absolute Gasteiger partial charge is 0.334 e. The third-order valence-corrected chi connectivity index (χ3v) is 5.22. The fourth-order valence-electron chi connectivity index (χ4n) is 2.89. The van der Waals surface area contributed by atoms with Crippen LogP contribution in [0.15, 0.2) is 29.6 Å². The number of hydrogen-bond acceptors (Lipinski definition) is 6. The molecule has 1 aromatic carbocycles. The first-order chi connectivity index (χ1) is 13.7. The van der Waals surface area contributed by atoms with Crippen LogP contribution in [0.4, 0.5) is 15.6 Å². The molecule has 0 saturated carbocycles. The van der Waals surface area contributed by atoms with Gasteiger partial charge in [0.2, 0.25) is 5.91 Å². The zero-order valence-electron chi connectivity index (χ0n) is 16.1. The summed E-state index contributed by atoms with van der Waals surface area (Å²) < 4.78 is 0. The van der Waals surface area contributed by atoms with E-state index in [1.54, 1.807) is 29.6 Å². The van der Waals surface area contributed by atoms with Gasteiger partial charge in [-0.3, -0.25) is 24.2 Å². The minimum atomic E-state index is -0.872. The van der Waals surface area contributed by atoms with Gasteiger partial charge in [0.05, 0.1) is 17.9 Å². The zero-order valence-corrected chi connectivity index (χ0v) is 17.7. The Morgan fingerprint density at radius 2 is 1.90 bits per heavy atom. The summed E-state index contributed by atoms with van der Waals surface area (Å²) in [7, 11) is 0.